The van der Waals surface area contributed by atoms with Crippen molar-refractivity contribution >= 4 is 11.1 Å². The molecule has 0 spiro atoms. The van der Waals surface area contributed by atoms with Crippen molar-refractivity contribution in [2.24, 2.45) is 0 Å². The molecule has 4 heteroatoms. The monoisotopic (exact) mass is 218 g/mol. The topological polar surface area (TPSA) is 58.3 Å². The van der Waals surface area contributed by atoms with Gasteiger partial charge < -0.3 is 14.8 Å². The Morgan fingerprint density at radius 3 is 3.25 bits per heavy atom. The molecule has 1 saturated heterocycles. The van der Waals surface area contributed by atoms with Gasteiger partial charge in [-0.25, -0.2) is 4.98 Å². The SMILES string of the molecule is Oc1c(CC2CCCN2)ccc2ncoc12. The fourth-order valence-electron chi connectivity index (χ4n) is 2.32. The van der Waals surface area contributed by atoms with Crippen LogP contribution in [0.1, 0.15) is 18.4 Å². The van der Waals surface area contributed by atoms with E-state index in [1.165, 1.54) is 19.2 Å². The van der Waals surface area contributed by atoms with Crippen molar-refractivity contribution in [2.75, 3.05) is 6.54 Å². The quantitative estimate of drug-likeness (QED) is 0.807. The highest BCUT2D eigenvalue weighted by atomic mass is 16.4. The molecule has 1 aromatic carbocycles. The summed E-state index contributed by atoms with van der Waals surface area (Å²) in [5.74, 6) is 0.240. The first kappa shape index (κ1) is 9.66. The second kappa shape index (κ2) is 3.79. The van der Waals surface area contributed by atoms with Crippen molar-refractivity contribution in [1.29, 1.82) is 0 Å². The van der Waals surface area contributed by atoms with Gasteiger partial charge in [-0.05, 0) is 37.4 Å². The number of hydrogen-bond acceptors (Lipinski definition) is 4. The molecule has 0 radical (unpaired) electrons. The van der Waals surface area contributed by atoms with Crippen molar-refractivity contribution in [3.63, 3.8) is 0 Å². The van der Waals surface area contributed by atoms with Crippen molar-refractivity contribution < 1.29 is 9.52 Å². The van der Waals surface area contributed by atoms with E-state index in [4.69, 9.17) is 4.42 Å². The number of phenols is 1. The third-order valence-corrected chi connectivity index (χ3v) is 3.19. The smallest absolute Gasteiger partial charge is 0.196 e. The van der Waals surface area contributed by atoms with Crippen LogP contribution in [0.2, 0.25) is 0 Å². The predicted molar refractivity (Wildman–Crippen MR) is 60.4 cm³/mol. The summed E-state index contributed by atoms with van der Waals surface area (Å²) in [5, 5.41) is 13.5. The van der Waals surface area contributed by atoms with Crippen LogP contribution in [-0.4, -0.2) is 22.7 Å². The molecule has 4 nitrogen and oxygen atoms in total. The first-order chi connectivity index (χ1) is 7.84. The van der Waals surface area contributed by atoms with Crippen LogP contribution in [0.5, 0.6) is 5.75 Å². The summed E-state index contributed by atoms with van der Waals surface area (Å²) in [6.07, 6.45) is 4.61. The normalized spacial score (nSPS) is 20.6. The van der Waals surface area contributed by atoms with Crippen LogP contribution in [0.3, 0.4) is 0 Å². The number of rotatable bonds is 2. The minimum Gasteiger partial charge on any atom is -0.504 e. The largest absolute Gasteiger partial charge is 0.504 e. The molecule has 84 valence electrons. The first-order valence-corrected chi connectivity index (χ1v) is 5.62. The Balaban J connectivity index is 1.93. The molecular formula is C12H14N2O2. The summed E-state index contributed by atoms with van der Waals surface area (Å²) in [4.78, 5) is 4.01. The number of fused-ring (bicyclic) bond motifs is 1. The number of aromatic hydroxyl groups is 1. The molecule has 2 aromatic rings. The molecule has 16 heavy (non-hydrogen) atoms. The summed E-state index contributed by atoms with van der Waals surface area (Å²) >= 11 is 0. The van der Waals surface area contributed by atoms with E-state index in [0.29, 0.717) is 17.1 Å². The Labute approximate surface area is 93.3 Å². The predicted octanol–water partition coefficient (Wildman–Crippen LogP) is 1.83. The van der Waals surface area contributed by atoms with E-state index in [2.05, 4.69) is 10.3 Å². The maximum Gasteiger partial charge on any atom is 0.196 e. The fourth-order valence-corrected chi connectivity index (χ4v) is 2.32. The van der Waals surface area contributed by atoms with Gasteiger partial charge in [0.05, 0.1) is 0 Å². The van der Waals surface area contributed by atoms with Gasteiger partial charge in [-0.3, -0.25) is 0 Å². The summed E-state index contributed by atoms with van der Waals surface area (Å²) < 4.78 is 5.17. The lowest BCUT2D eigenvalue weighted by molar-refractivity contribution is 0.453. The van der Waals surface area contributed by atoms with E-state index in [9.17, 15) is 5.11 Å². The molecule has 2 N–H and O–H groups in total. The van der Waals surface area contributed by atoms with Gasteiger partial charge >= 0.3 is 0 Å². The molecule has 1 fully saturated rings. The maximum absolute atomic E-state index is 10.0. The Bertz CT molecular complexity index is 501. The Hall–Kier alpha value is -1.55. The third-order valence-electron chi connectivity index (χ3n) is 3.19. The average Bonchev–Trinajstić information content (AvgIpc) is 2.93. The van der Waals surface area contributed by atoms with Gasteiger partial charge in [0.1, 0.15) is 5.52 Å². The molecule has 3 rings (SSSR count). The number of aromatic nitrogens is 1. The van der Waals surface area contributed by atoms with Crippen LogP contribution in [0.15, 0.2) is 22.9 Å². The first-order valence-electron chi connectivity index (χ1n) is 5.62. The van der Waals surface area contributed by atoms with E-state index in [1.807, 2.05) is 12.1 Å². The Morgan fingerprint density at radius 2 is 2.44 bits per heavy atom. The fraction of sp³-hybridized carbons (Fsp3) is 0.417. The molecule has 0 bridgehead atoms. The van der Waals surface area contributed by atoms with Crippen LogP contribution < -0.4 is 5.32 Å². The van der Waals surface area contributed by atoms with Gasteiger partial charge in [-0.1, -0.05) is 6.07 Å². The molecule has 1 aliphatic rings. The number of nitrogens with zero attached hydrogens (tertiary/aromatic N) is 1. The van der Waals surface area contributed by atoms with Crippen molar-refractivity contribution in [2.45, 2.75) is 25.3 Å². The lowest BCUT2D eigenvalue weighted by atomic mass is 10.0. The average molecular weight is 218 g/mol. The molecule has 1 aromatic heterocycles. The van der Waals surface area contributed by atoms with Crippen LogP contribution >= 0.6 is 0 Å². The van der Waals surface area contributed by atoms with Crippen LogP contribution in [0, 0.1) is 0 Å². The van der Waals surface area contributed by atoms with Gasteiger partial charge in [-0.2, -0.15) is 0 Å². The van der Waals surface area contributed by atoms with Crippen molar-refractivity contribution in [3.05, 3.63) is 24.1 Å². The highest BCUT2D eigenvalue weighted by Crippen LogP contribution is 2.29. The van der Waals surface area contributed by atoms with Crippen LogP contribution in [-0.2, 0) is 6.42 Å². The number of phenolic OH excluding ortho intramolecular Hbond substituents is 1. The molecule has 0 aliphatic carbocycles. The Kier molecular flexibility index (Phi) is 2.29. The summed E-state index contributed by atoms with van der Waals surface area (Å²) in [5.41, 5.74) is 2.14. The number of nitrogens with one attached hydrogen (secondary N) is 1. The van der Waals surface area contributed by atoms with Gasteiger partial charge in [-0.15, -0.1) is 0 Å². The van der Waals surface area contributed by atoms with Gasteiger partial charge in [0, 0.05) is 6.04 Å². The number of hydrogen-bond donors (Lipinski definition) is 2. The number of oxazole rings is 1. The standard InChI is InChI=1S/C12H14N2O2/c15-11-8(6-9-2-1-5-13-9)3-4-10-12(11)16-7-14-10/h3-4,7,9,13,15H,1-2,5-6H2. The molecule has 2 heterocycles. The molecular weight excluding hydrogens is 204 g/mol. The maximum atomic E-state index is 10.0. The van der Waals surface area contributed by atoms with Crippen LogP contribution in [0.25, 0.3) is 11.1 Å². The second-order valence-electron chi connectivity index (χ2n) is 4.27. The molecule has 0 saturated carbocycles. The minimum absolute atomic E-state index is 0.240. The summed E-state index contributed by atoms with van der Waals surface area (Å²) in [6, 6.07) is 4.30. The zero-order valence-electron chi connectivity index (χ0n) is 8.94. The Morgan fingerprint density at radius 1 is 1.50 bits per heavy atom. The summed E-state index contributed by atoms with van der Waals surface area (Å²) in [7, 11) is 0. The van der Waals surface area contributed by atoms with E-state index >= 15 is 0 Å². The lowest BCUT2D eigenvalue weighted by Crippen LogP contribution is -2.23. The van der Waals surface area contributed by atoms with E-state index in [0.717, 1.165) is 18.5 Å². The van der Waals surface area contributed by atoms with Gasteiger partial charge in [0.2, 0.25) is 0 Å². The van der Waals surface area contributed by atoms with Gasteiger partial charge in [0.25, 0.3) is 0 Å². The van der Waals surface area contributed by atoms with Gasteiger partial charge in [0.15, 0.2) is 17.7 Å². The highest BCUT2D eigenvalue weighted by Gasteiger charge is 2.18. The molecule has 1 atom stereocenters. The van der Waals surface area contributed by atoms with E-state index in [1.54, 1.807) is 0 Å². The zero-order valence-corrected chi connectivity index (χ0v) is 8.94. The summed E-state index contributed by atoms with van der Waals surface area (Å²) in [6.45, 7) is 1.08. The van der Waals surface area contributed by atoms with Crippen molar-refractivity contribution in [3.8, 4) is 5.75 Å². The molecule has 1 unspecified atom stereocenters. The zero-order chi connectivity index (χ0) is 11.0. The highest BCUT2D eigenvalue weighted by molar-refractivity contribution is 5.80. The number of benzene rings is 1. The van der Waals surface area contributed by atoms with Crippen LogP contribution in [0.4, 0.5) is 0 Å². The third kappa shape index (κ3) is 1.55. The van der Waals surface area contributed by atoms with E-state index in [-0.39, 0.29) is 5.75 Å². The van der Waals surface area contributed by atoms with E-state index < -0.39 is 0 Å². The molecule has 0 amide bonds. The minimum atomic E-state index is 0.240. The lowest BCUT2D eigenvalue weighted by Gasteiger charge is -2.11. The molecule has 1 aliphatic heterocycles. The van der Waals surface area contributed by atoms with Crippen molar-refractivity contribution in [1.82, 2.24) is 10.3 Å². The second-order valence-corrected chi connectivity index (χ2v) is 4.27.